The minimum absolute atomic E-state index is 0.239. The van der Waals surface area contributed by atoms with E-state index in [1.807, 2.05) is 0 Å². The second kappa shape index (κ2) is 7.51. The van der Waals surface area contributed by atoms with Crippen LogP contribution in [0.3, 0.4) is 0 Å². The lowest BCUT2D eigenvalue weighted by atomic mass is 10.4. The highest BCUT2D eigenvalue weighted by molar-refractivity contribution is 7.93. The van der Waals surface area contributed by atoms with E-state index in [9.17, 15) is 17.7 Å². The van der Waals surface area contributed by atoms with Crippen molar-refractivity contribution in [2.75, 3.05) is 12.9 Å². The molecule has 0 saturated carbocycles. The van der Waals surface area contributed by atoms with Gasteiger partial charge in [-0.15, -0.1) is 0 Å². The fourth-order valence-electron chi connectivity index (χ4n) is 1.08. The van der Waals surface area contributed by atoms with E-state index in [0.29, 0.717) is 10.6 Å². The zero-order valence-corrected chi connectivity index (χ0v) is 11.8. The van der Waals surface area contributed by atoms with Gasteiger partial charge >= 0.3 is 10.4 Å². The Kier molecular flexibility index (Phi) is 6.32. The molecule has 1 rings (SSSR count). The Balaban J connectivity index is 2.66. The van der Waals surface area contributed by atoms with E-state index in [-0.39, 0.29) is 10.1 Å². The molecule has 0 aliphatic rings. The molecule has 0 amide bonds. The fourth-order valence-corrected chi connectivity index (χ4v) is 3.26. The highest BCUT2D eigenvalue weighted by atomic mass is 32.2. The van der Waals surface area contributed by atoms with E-state index in [2.05, 4.69) is 15.0 Å². The van der Waals surface area contributed by atoms with Gasteiger partial charge in [-0.05, 0) is 6.92 Å². The second-order valence-corrected chi connectivity index (χ2v) is 6.09. The molecule has 19 heavy (non-hydrogen) atoms. The van der Waals surface area contributed by atoms with Crippen molar-refractivity contribution in [3.63, 3.8) is 0 Å². The maximum absolute atomic E-state index is 12.6. The molecule has 1 heterocycles. The molecule has 0 bridgehead atoms. The number of aromatic nitrogens is 1. The van der Waals surface area contributed by atoms with Gasteiger partial charge < -0.3 is 9.39 Å². The Labute approximate surface area is 115 Å². The van der Waals surface area contributed by atoms with E-state index in [1.54, 1.807) is 6.92 Å². The van der Waals surface area contributed by atoms with Gasteiger partial charge in [-0.2, -0.15) is 13.8 Å². The molecule has 0 N–H and O–H groups in total. The molecule has 9 heteroatoms. The Morgan fingerprint density at radius 2 is 2.21 bits per heavy atom. The number of hydrogen-bond acceptors (Lipinski definition) is 5. The lowest BCUT2D eigenvalue weighted by Gasteiger charge is -2.04. The average Bonchev–Trinajstić information content (AvgIpc) is 2.85. The van der Waals surface area contributed by atoms with Crippen LogP contribution < -0.4 is 0 Å². The van der Waals surface area contributed by atoms with Gasteiger partial charge in [0, 0.05) is 11.2 Å². The number of oxime groups is 1. The SMILES string of the molecule is CO/N=C(\C)c1cnc([S+]([O-])CCC(F)=C(F)F)s1. The van der Waals surface area contributed by atoms with Crippen LogP contribution in [-0.4, -0.2) is 28.1 Å². The zero-order chi connectivity index (χ0) is 14.4. The van der Waals surface area contributed by atoms with Gasteiger partial charge in [0.25, 0.3) is 0 Å². The van der Waals surface area contributed by atoms with Gasteiger partial charge in [0.05, 0.1) is 23.2 Å². The van der Waals surface area contributed by atoms with Crippen LogP contribution in [0.2, 0.25) is 0 Å². The molecule has 1 unspecified atom stereocenters. The summed E-state index contributed by atoms with van der Waals surface area (Å²) in [4.78, 5) is 9.13. The summed E-state index contributed by atoms with van der Waals surface area (Å²) in [6.07, 6.45) is -1.49. The molecule has 1 aromatic heterocycles. The maximum Gasteiger partial charge on any atom is 0.302 e. The molecule has 1 atom stereocenters. The first-order chi connectivity index (χ1) is 8.95. The molecule has 0 fully saturated rings. The highest BCUT2D eigenvalue weighted by Crippen LogP contribution is 2.22. The van der Waals surface area contributed by atoms with Gasteiger partial charge in [-0.25, -0.2) is 4.39 Å². The Bertz CT molecular complexity index is 487. The molecule has 0 saturated heterocycles. The lowest BCUT2D eigenvalue weighted by Crippen LogP contribution is -2.06. The molecule has 0 aliphatic carbocycles. The molecule has 0 spiro atoms. The van der Waals surface area contributed by atoms with Gasteiger partial charge in [-0.3, -0.25) is 0 Å². The van der Waals surface area contributed by atoms with Crippen LogP contribution in [0, 0.1) is 0 Å². The summed E-state index contributed by atoms with van der Waals surface area (Å²) in [7, 11) is 1.39. The molecule has 0 aromatic carbocycles. The summed E-state index contributed by atoms with van der Waals surface area (Å²) in [6.45, 7) is 1.69. The normalized spacial score (nSPS) is 13.3. The summed E-state index contributed by atoms with van der Waals surface area (Å²) in [5.74, 6) is -1.78. The number of rotatable bonds is 6. The van der Waals surface area contributed by atoms with Crippen molar-refractivity contribution in [1.29, 1.82) is 0 Å². The number of halogens is 3. The molecular weight excluding hydrogens is 301 g/mol. The largest absolute Gasteiger partial charge is 0.610 e. The second-order valence-electron chi connectivity index (χ2n) is 3.31. The van der Waals surface area contributed by atoms with E-state index in [1.165, 1.54) is 13.3 Å². The summed E-state index contributed by atoms with van der Waals surface area (Å²) in [5, 5.41) is 3.69. The first kappa shape index (κ1) is 16.0. The topological polar surface area (TPSA) is 57.5 Å². The van der Waals surface area contributed by atoms with Crippen LogP contribution in [0.15, 0.2) is 27.6 Å². The van der Waals surface area contributed by atoms with Crippen LogP contribution in [-0.2, 0) is 16.0 Å². The highest BCUT2D eigenvalue weighted by Gasteiger charge is 2.19. The Morgan fingerprint density at radius 1 is 1.53 bits per heavy atom. The zero-order valence-electron chi connectivity index (χ0n) is 10.2. The molecular formula is C10H11F3N2O2S2. The van der Waals surface area contributed by atoms with Gasteiger partial charge in [0.2, 0.25) is 0 Å². The van der Waals surface area contributed by atoms with Gasteiger partial charge in [0.15, 0.2) is 5.83 Å². The minimum Gasteiger partial charge on any atom is -0.610 e. The molecule has 1 aromatic rings. The predicted octanol–water partition coefficient (Wildman–Crippen LogP) is 3.09. The third kappa shape index (κ3) is 4.84. The number of hydrogen-bond donors (Lipinski definition) is 0. The third-order valence-corrected chi connectivity index (χ3v) is 4.75. The Morgan fingerprint density at radius 3 is 2.79 bits per heavy atom. The fraction of sp³-hybridized carbons (Fsp3) is 0.400. The lowest BCUT2D eigenvalue weighted by molar-refractivity contribution is 0.213. The number of nitrogens with zero attached hydrogens (tertiary/aromatic N) is 2. The predicted molar refractivity (Wildman–Crippen MR) is 67.6 cm³/mol. The number of allylic oxidation sites excluding steroid dienone is 1. The molecule has 4 nitrogen and oxygen atoms in total. The summed E-state index contributed by atoms with van der Waals surface area (Å²) >= 11 is -0.515. The van der Waals surface area contributed by atoms with Crippen molar-refractivity contribution in [1.82, 2.24) is 4.98 Å². The summed E-state index contributed by atoms with van der Waals surface area (Å²) < 4.78 is 48.2. The maximum atomic E-state index is 12.6. The minimum atomic E-state index is -2.38. The van der Waals surface area contributed by atoms with Crippen molar-refractivity contribution >= 4 is 28.2 Å². The van der Waals surface area contributed by atoms with Crippen LogP contribution in [0.4, 0.5) is 13.2 Å². The third-order valence-electron chi connectivity index (χ3n) is 1.98. The molecule has 106 valence electrons. The smallest absolute Gasteiger partial charge is 0.302 e. The number of thiazole rings is 1. The van der Waals surface area contributed by atoms with Crippen LogP contribution >= 0.6 is 11.3 Å². The monoisotopic (exact) mass is 312 g/mol. The van der Waals surface area contributed by atoms with E-state index >= 15 is 0 Å². The molecule has 0 radical (unpaired) electrons. The summed E-state index contributed by atoms with van der Waals surface area (Å²) in [5.41, 5.74) is 0.559. The summed E-state index contributed by atoms with van der Waals surface area (Å²) in [6, 6.07) is 0. The van der Waals surface area contributed by atoms with E-state index in [0.717, 1.165) is 11.3 Å². The van der Waals surface area contributed by atoms with Crippen molar-refractivity contribution in [2.24, 2.45) is 5.16 Å². The van der Waals surface area contributed by atoms with Crippen molar-refractivity contribution < 1.29 is 22.6 Å². The van der Waals surface area contributed by atoms with Crippen LogP contribution in [0.1, 0.15) is 18.2 Å². The van der Waals surface area contributed by atoms with Gasteiger partial charge in [0.1, 0.15) is 12.9 Å². The molecule has 0 aliphatic heterocycles. The van der Waals surface area contributed by atoms with E-state index < -0.39 is 29.5 Å². The van der Waals surface area contributed by atoms with Crippen molar-refractivity contribution in [3.8, 4) is 0 Å². The van der Waals surface area contributed by atoms with Gasteiger partial charge in [-0.1, -0.05) is 16.5 Å². The average molecular weight is 312 g/mol. The van der Waals surface area contributed by atoms with Crippen molar-refractivity contribution in [2.45, 2.75) is 17.7 Å². The Hall–Kier alpha value is -1.06. The van der Waals surface area contributed by atoms with E-state index in [4.69, 9.17) is 0 Å². The van der Waals surface area contributed by atoms with Crippen LogP contribution in [0.25, 0.3) is 0 Å². The first-order valence-electron chi connectivity index (χ1n) is 5.07. The standard InChI is InChI=1S/C10H11F3N2O2S2/c1-6(15-17-2)8-5-14-10(18-8)19(16)4-3-7(11)9(12)13/h5H,3-4H2,1-2H3/b15-6+. The van der Waals surface area contributed by atoms with Crippen LogP contribution in [0.5, 0.6) is 0 Å². The first-order valence-corrected chi connectivity index (χ1v) is 7.21. The quantitative estimate of drug-likeness (QED) is 0.461. The van der Waals surface area contributed by atoms with Crippen molar-refractivity contribution in [3.05, 3.63) is 23.0 Å².